The zero-order valence-electron chi connectivity index (χ0n) is 11.4. The number of hydrogen-bond acceptors (Lipinski definition) is 4. The molecule has 0 spiro atoms. The van der Waals surface area contributed by atoms with E-state index in [1.54, 1.807) is 6.07 Å². The summed E-state index contributed by atoms with van der Waals surface area (Å²) in [5.41, 5.74) is 0. The van der Waals surface area contributed by atoms with Crippen molar-refractivity contribution in [2.45, 2.75) is 25.8 Å². The fraction of sp³-hybridized carbons (Fsp3) is 0.462. The Hall–Kier alpha value is -1.60. The van der Waals surface area contributed by atoms with Crippen LogP contribution in [0.5, 0.6) is 0 Å². The summed E-state index contributed by atoms with van der Waals surface area (Å²) in [5, 5.41) is 5.40. The number of thiophene rings is 1. The molecule has 0 saturated carbocycles. The van der Waals surface area contributed by atoms with Gasteiger partial charge in [-0.2, -0.15) is 0 Å². The predicted molar refractivity (Wildman–Crippen MR) is 80.1 cm³/mol. The minimum atomic E-state index is -0.279. The Morgan fingerprint density at radius 2 is 1.95 bits per heavy atom. The van der Waals surface area contributed by atoms with Crippen LogP contribution in [0.1, 0.15) is 24.1 Å². The maximum absolute atomic E-state index is 11.5. The summed E-state index contributed by atoms with van der Waals surface area (Å²) < 4.78 is 0.687. The second kappa shape index (κ2) is 7.42. The highest BCUT2D eigenvalue weighted by atomic mass is 35.5. The molecule has 0 atom stereocenters. The Labute approximate surface area is 131 Å². The lowest BCUT2D eigenvalue weighted by atomic mass is 10.4. The molecule has 1 fully saturated rings. The molecule has 2 heterocycles. The average Bonchev–Trinajstić information content (AvgIpc) is 3.00. The number of rotatable bonds is 6. The highest BCUT2D eigenvalue weighted by Gasteiger charge is 2.27. The lowest BCUT2D eigenvalue weighted by Gasteiger charge is -2.13. The zero-order chi connectivity index (χ0) is 15.2. The Kier molecular flexibility index (Phi) is 5.58. The molecular weight excluding hydrogens is 314 g/mol. The normalized spacial score (nSPS) is 14.6. The first kappa shape index (κ1) is 15.8. The van der Waals surface area contributed by atoms with Crippen LogP contribution in [0.15, 0.2) is 12.1 Å². The first-order chi connectivity index (χ1) is 10.1. The van der Waals surface area contributed by atoms with Crippen LogP contribution in [0.4, 0.5) is 4.79 Å². The summed E-state index contributed by atoms with van der Waals surface area (Å²) in [4.78, 5) is 36.5. The fourth-order valence-electron chi connectivity index (χ4n) is 1.99. The monoisotopic (exact) mass is 329 g/mol. The van der Waals surface area contributed by atoms with Crippen LogP contribution in [0, 0.1) is 0 Å². The third-order valence-electron chi connectivity index (χ3n) is 3.05. The first-order valence-corrected chi connectivity index (χ1v) is 7.85. The van der Waals surface area contributed by atoms with Gasteiger partial charge < -0.3 is 10.6 Å². The molecule has 4 amide bonds. The molecule has 1 aliphatic rings. The highest BCUT2D eigenvalue weighted by molar-refractivity contribution is 7.16. The molecule has 21 heavy (non-hydrogen) atoms. The van der Waals surface area contributed by atoms with Crippen molar-refractivity contribution < 1.29 is 14.4 Å². The van der Waals surface area contributed by atoms with Crippen molar-refractivity contribution in [2.75, 3.05) is 13.1 Å². The van der Waals surface area contributed by atoms with Gasteiger partial charge in [-0.25, -0.2) is 4.79 Å². The third-order valence-corrected chi connectivity index (χ3v) is 4.28. The van der Waals surface area contributed by atoms with Gasteiger partial charge in [-0.15, -0.1) is 11.3 Å². The largest absolute Gasteiger partial charge is 0.338 e. The maximum Gasteiger partial charge on any atom is 0.315 e. The summed E-state index contributed by atoms with van der Waals surface area (Å²) in [6.07, 6.45) is 1.15. The Bertz CT molecular complexity index is 531. The van der Waals surface area contributed by atoms with Gasteiger partial charge >= 0.3 is 6.03 Å². The average molecular weight is 330 g/mol. The molecular formula is C13H16ClN3O3S. The van der Waals surface area contributed by atoms with Gasteiger partial charge in [0.2, 0.25) is 11.8 Å². The number of nitrogens with one attached hydrogen (secondary N) is 2. The molecule has 2 rings (SSSR count). The molecule has 0 aromatic carbocycles. The second-order valence-corrected chi connectivity index (χ2v) is 6.41. The van der Waals surface area contributed by atoms with E-state index in [1.807, 2.05) is 6.07 Å². The number of likely N-dealkylation sites (tertiary alicyclic amines) is 1. The van der Waals surface area contributed by atoms with Gasteiger partial charge in [-0.05, 0) is 18.6 Å². The summed E-state index contributed by atoms with van der Waals surface area (Å²) in [6.45, 7) is 1.19. The maximum atomic E-state index is 11.5. The standard InChI is InChI=1S/C13H16ClN3O3S/c14-10-3-2-9(21-10)8-16-13(20)15-6-1-7-17-11(18)4-5-12(17)19/h2-3H,1,4-8H2,(H2,15,16,20). The van der Waals surface area contributed by atoms with Crippen LogP contribution in [0.2, 0.25) is 4.34 Å². The van der Waals surface area contributed by atoms with Crippen LogP contribution in [-0.2, 0) is 16.1 Å². The van der Waals surface area contributed by atoms with Crippen molar-refractivity contribution in [3.63, 3.8) is 0 Å². The SMILES string of the molecule is O=C(NCCCN1C(=O)CCC1=O)NCc1ccc(Cl)s1. The van der Waals surface area contributed by atoms with Gasteiger partial charge in [0.05, 0.1) is 10.9 Å². The third kappa shape index (κ3) is 4.71. The molecule has 2 N–H and O–H groups in total. The van der Waals surface area contributed by atoms with Gasteiger partial charge in [0.15, 0.2) is 0 Å². The highest BCUT2D eigenvalue weighted by Crippen LogP contribution is 2.20. The Balaban J connectivity index is 1.59. The fourth-order valence-corrected chi connectivity index (χ4v) is 3.02. The van der Waals surface area contributed by atoms with Crippen molar-refractivity contribution in [3.8, 4) is 0 Å². The van der Waals surface area contributed by atoms with E-state index < -0.39 is 0 Å². The van der Waals surface area contributed by atoms with Crippen LogP contribution < -0.4 is 10.6 Å². The Morgan fingerprint density at radius 3 is 2.57 bits per heavy atom. The smallest absolute Gasteiger partial charge is 0.315 e. The van der Waals surface area contributed by atoms with Crippen molar-refractivity contribution in [1.29, 1.82) is 0 Å². The first-order valence-electron chi connectivity index (χ1n) is 6.65. The molecule has 114 valence electrons. The number of urea groups is 1. The molecule has 0 radical (unpaired) electrons. The summed E-state index contributed by atoms with van der Waals surface area (Å²) in [6, 6.07) is 3.36. The van der Waals surface area contributed by atoms with E-state index >= 15 is 0 Å². The topological polar surface area (TPSA) is 78.5 Å². The van der Waals surface area contributed by atoms with E-state index in [1.165, 1.54) is 16.2 Å². The number of nitrogens with zero attached hydrogens (tertiary/aromatic N) is 1. The van der Waals surface area contributed by atoms with Crippen LogP contribution in [0.3, 0.4) is 0 Å². The summed E-state index contributed by atoms with van der Waals surface area (Å²) in [5.74, 6) is -0.252. The lowest BCUT2D eigenvalue weighted by Crippen LogP contribution is -2.37. The van der Waals surface area contributed by atoms with Crippen molar-refractivity contribution in [1.82, 2.24) is 15.5 Å². The second-order valence-electron chi connectivity index (χ2n) is 4.61. The number of hydrogen-bond donors (Lipinski definition) is 2. The Morgan fingerprint density at radius 1 is 1.24 bits per heavy atom. The van der Waals surface area contributed by atoms with E-state index in [0.717, 1.165) is 4.88 Å². The van der Waals surface area contributed by atoms with Crippen LogP contribution in [0.25, 0.3) is 0 Å². The quantitative estimate of drug-likeness (QED) is 0.616. The van der Waals surface area contributed by atoms with Crippen molar-refractivity contribution in [2.24, 2.45) is 0 Å². The molecule has 0 aliphatic carbocycles. The van der Waals surface area contributed by atoms with E-state index in [9.17, 15) is 14.4 Å². The zero-order valence-corrected chi connectivity index (χ0v) is 12.9. The van der Waals surface area contributed by atoms with E-state index in [-0.39, 0.29) is 17.8 Å². The minimum Gasteiger partial charge on any atom is -0.338 e. The van der Waals surface area contributed by atoms with Gasteiger partial charge in [-0.3, -0.25) is 14.5 Å². The van der Waals surface area contributed by atoms with E-state index in [0.29, 0.717) is 43.2 Å². The molecule has 1 aromatic heterocycles. The minimum absolute atomic E-state index is 0.126. The number of halogens is 1. The number of carbonyl (C=O) groups excluding carboxylic acids is 3. The van der Waals surface area contributed by atoms with Crippen LogP contribution >= 0.6 is 22.9 Å². The van der Waals surface area contributed by atoms with Gasteiger partial charge in [0, 0.05) is 30.8 Å². The molecule has 1 aromatic rings. The van der Waals surface area contributed by atoms with Crippen LogP contribution in [-0.4, -0.2) is 35.8 Å². The van der Waals surface area contributed by atoms with Gasteiger partial charge in [-0.1, -0.05) is 11.6 Å². The summed E-state index contributed by atoms with van der Waals surface area (Å²) in [7, 11) is 0. The van der Waals surface area contributed by atoms with Gasteiger partial charge in [0.1, 0.15) is 0 Å². The number of carbonyl (C=O) groups is 3. The predicted octanol–water partition coefficient (Wildman–Crippen LogP) is 1.74. The molecule has 6 nitrogen and oxygen atoms in total. The lowest BCUT2D eigenvalue weighted by molar-refractivity contribution is -0.138. The van der Waals surface area contributed by atoms with Crippen molar-refractivity contribution >= 4 is 40.8 Å². The van der Waals surface area contributed by atoms with E-state index in [2.05, 4.69) is 10.6 Å². The summed E-state index contributed by atoms with van der Waals surface area (Å²) >= 11 is 7.21. The molecule has 0 unspecified atom stereocenters. The number of imide groups is 1. The molecule has 1 aliphatic heterocycles. The van der Waals surface area contributed by atoms with Crippen molar-refractivity contribution in [3.05, 3.63) is 21.3 Å². The molecule has 0 bridgehead atoms. The molecule has 1 saturated heterocycles. The number of amides is 4. The van der Waals surface area contributed by atoms with Gasteiger partial charge in [0.25, 0.3) is 0 Å². The molecule has 8 heteroatoms. The van der Waals surface area contributed by atoms with E-state index in [4.69, 9.17) is 11.6 Å².